The molecule has 2 aliphatic rings. The number of carbonyl (C=O) groups excluding carboxylic acids is 1. The van der Waals surface area contributed by atoms with Crippen LogP contribution in [0.25, 0.3) is 0 Å². The Kier molecular flexibility index (Phi) is 3.88. The molecule has 7 nitrogen and oxygen atoms in total. The standard InChI is InChI=1S/C19H18O7/c1-23-15-4-10-9(3-14(21)19(22)12(10)6-16(15)24-2)11-5-17-18(7-13(11)20)26-8-25-17/h4-7,9,14,20-21H,3,8H2,1-2H3/t9-,14-/m1/s1. The van der Waals surface area contributed by atoms with E-state index in [1.807, 2.05) is 0 Å². The minimum absolute atomic E-state index is 0.0153. The Morgan fingerprint density at radius 3 is 2.35 bits per heavy atom. The topological polar surface area (TPSA) is 94.5 Å². The van der Waals surface area contributed by atoms with Crippen LogP contribution in [0.2, 0.25) is 0 Å². The van der Waals surface area contributed by atoms with Crippen molar-refractivity contribution in [2.24, 2.45) is 0 Å². The van der Waals surface area contributed by atoms with Gasteiger partial charge in [0.1, 0.15) is 11.9 Å². The molecule has 0 unspecified atom stereocenters. The quantitative estimate of drug-likeness (QED) is 0.869. The average molecular weight is 358 g/mol. The highest BCUT2D eigenvalue weighted by Crippen LogP contribution is 2.47. The summed E-state index contributed by atoms with van der Waals surface area (Å²) < 4.78 is 21.3. The number of phenols is 1. The van der Waals surface area contributed by atoms with Gasteiger partial charge in [-0.1, -0.05) is 0 Å². The number of hydrogen-bond donors (Lipinski definition) is 2. The summed E-state index contributed by atoms with van der Waals surface area (Å²) in [6, 6.07) is 6.45. The number of aliphatic hydroxyl groups excluding tert-OH is 1. The van der Waals surface area contributed by atoms with Gasteiger partial charge in [-0.2, -0.15) is 0 Å². The summed E-state index contributed by atoms with van der Waals surface area (Å²) in [5, 5.41) is 20.7. The van der Waals surface area contributed by atoms with Crippen LogP contribution in [0.15, 0.2) is 24.3 Å². The number of hydrogen-bond acceptors (Lipinski definition) is 7. The van der Waals surface area contributed by atoms with Gasteiger partial charge in [-0.25, -0.2) is 0 Å². The fourth-order valence-corrected chi connectivity index (χ4v) is 3.55. The molecule has 4 rings (SSSR count). The fraction of sp³-hybridized carbons (Fsp3) is 0.316. The minimum atomic E-state index is -1.17. The molecule has 2 aromatic rings. The molecule has 26 heavy (non-hydrogen) atoms. The summed E-state index contributed by atoms with van der Waals surface area (Å²) in [6.45, 7) is 0.0889. The molecule has 2 atom stereocenters. The smallest absolute Gasteiger partial charge is 0.231 e. The zero-order chi connectivity index (χ0) is 18.4. The summed E-state index contributed by atoms with van der Waals surface area (Å²) in [7, 11) is 2.99. The van der Waals surface area contributed by atoms with Gasteiger partial charge in [0.25, 0.3) is 0 Å². The van der Waals surface area contributed by atoms with Crippen LogP contribution < -0.4 is 18.9 Å². The molecule has 1 aliphatic heterocycles. The molecule has 2 aromatic carbocycles. The number of ether oxygens (including phenoxy) is 4. The van der Waals surface area contributed by atoms with Gasteiger partial charge in [-0.3, -0.25) is 4.79 Å². The van der Waals surface area contributed by atoms with Gasteiger partial charge in [0, 0.05) is 23.1 Å². The molecule has 136 valence electrons. The van der Waals surface area contributed by atoms with E-state index >= 15 is 0 Å². The van der Waals surface area contributed by atoms with Crippen molar-refractivity contribution < 1.29 is 34.0 Å². The van der Waals surface area contributed by atoms with E-state index in [-0.39, 0.29) is 24.7 Å². The van der Waals surface area contributed by atoms with E-state index in [0.717, 1.165) is 0 Å². The number of benzene rings is 2. The van der Waals surface area contributed by atoms with Gasteiger partial charge in [0.2, 0.25) is 6.79 Å². The molecule has 0 saturated heterocycles. The third-order valence-electron chi connectivity index (χ3n) is 4.86. The van der Waals surface area contributed by atoms with Crippen LogP contribution in [-0.2, 0) is 0 Å². The van der Waals surface area contributed by atoms with Crippen LogP contribution >= 0.6 is 0 Å². The van der Waals surface area contributed by atoms with Crippen molar-refractivity contribution >= 4 is 5.78 Å². The highest BCUT2D eigenvalue weighted by atomic mass is 16.7. The molecule has 0 fully saturated rings. The van der Waals surface area contributed by atoms with Crippen LogP contribution in [0.4, 0.5) is 0 Å². The first-order chi connectivity index (χ1) is 12.5. The van der Waals surface area contributed by atoms with Crippen molar-refractivity contribution in [3.8, 4) is 28.7 Å². The van der Waals surface area contributed by atoms with Crippen molar-refractivity contribution in [2.45, 2.75) is 18.4 Å². The second-order valence-electron chi connectivity index (χ2n) is 6.23. The van der Waals surface area contributed by atoms with Crippen LogP contribution in [0.5, 0.6) is 28.7 Å². The lowest BCUT2D eigenvalue weighted by molar-refractivity contribution is 0.0698. The number of ketones is 1. The van der Waals surface area contributed by atoms with E-state index in [1.165, 1.54) is 20.3 Å². The Labute approximate surface area is 149 Å². The van der Waals surface area contributed by atoms with Crippen molar-refractivity contribution in [2.75, 3.05) is 21.0 Å². The molecule has 0 amide bonds. The SMILES string of the molecule is COc1cc2c(cc1OC)[C@H](c1cc3c(cc1O)OCO3)C[C@@H](O)C2=O. The molecule has 0 spiro atoms. The van der Waals surface area contributed by atoms with Crippen LogP contribution in [-0.4, -0.2) is 43.1 Å². The number of methoxy groups -OCH3 is 2. The van der Waals surface area contributed by atoms with Crippen molar-refractivity contribution in [3.05, 3.63) is 41.0 Å². The number of carbonyl (C=O) groups is 1. The van der Waals surface area contributed by atoms with E-state index < -0.39 is 12.0 Å². The summed E-state index contributed by atoms with van der Waals surface area (Å²) in [6.07, 6.45) is -1.02. The maximum atomic E-state index is 12.5. The number of Topliss-reactive ketones (excluding diaryl/α,β-unsaturated/α-hetero) is 1. The molecule has 1 aliphatic carbocycles. The van der Waals surface area contributed by atoms with Gasteiger partial charge in [0.05, 0.1) is 14.2 Å². The minimum Gasteiger partial charge on any atom is -0.508 e. The zero-order valence-electron chi connectivity index (χ0n) is 14.3. The van der Waals surface area contributed by atoms with Gasteiger partial charge < -0.3 is 29.2 Å². The number of aromatic hydroxyl groups is 1. The molecular formula is C19H18O7. The molecule has 0 aromatic heterocycles. The number of fused-ring (bicyclic) bond motifs is 2. The van der Waals surface area contributed by atoms with E-state index in [2.05, 4.69) is 0 Å². The summed E-state index contributed by atoms with van der Waals surface area (Å²) in [5.41, 5.74) is 1.56. The predicted octanol–water partition coefficient (Wildman–Crippen LogP) is 2.22. The second kappa shape index (κ2) is 6.10. The van der Waals surface area contributed by atoms with E-state index in [9.17, 15) is 15.0 Å². The molecular weight excluding hydrogens is 340 g/mol. The lowest BCUT2D eigenvalue weighted by atomic mass is 9.76. The average Bonchev–Trinajstić information content (AvgIpc) is 3.10. The summed E-state index contributed by atoms with van der Waals surface area (Å²) in [5.74, 6) is 1.09. The number of rotatable bonds is 3. The largest absolute Gasteiger partial charge is 0.508 e. The summed E-state index contributed by atoms with van der Waals surface area (Å²) >= 11 is 0. The monoisotopic (exact) mass is 358 g/mol. The lowest BCUT2D eigenvalue weighted by Crippen LogP contribution is -2.30. The zero-order valence-corrected chi connectivity index (χ0v) is 14.3. The van der Waals surface area contributed by atoms with Crippen LogP contribution in [0, 0.1) is 0 Å². The molecule has 2 N–H and O–H groups in total. The number of phenolic OH excluding ortho intramolecular Hbond substituents is 1. The Balaban J connectivity index is 1.89. The number of aliphatic hydroxyl groups is 1. The highest BCUT2D eigenvalue weighted by molar-refractivity contribution is 6.03. The first kappa shape index (κ1) is 16.5. The predicted molar refractivity (Wildman–Crippen MR) is 90.6 cm³/mol. The molecule has 1 heterocycles. The third-order valence-corrected chi connectivity index (χ3v) is 4.86. The summed E-state index contributed by atoms with van der Waals surface area (Å²) in [4.78, 5) is 12.5. The normalized spacial score (nSPS) is 20.7. The Morgan fingerprint density at radius 1 is 1.00 bits per heavy atom. The van der Waals surface area contributed by atoms with E-state index in [0.29, 0.717) is 39.7 Å². The van der Waals surface area contributed by atoms with Crippen molar-refractivity contribution in [3.63, 3.8) is 0 Å². The maximum Gasteiger partial charge on any atom is 0.231 e. The maximum absolute atomic E-state index is 12.5. The van der Waals surface area contributed by atoms with Crippen molar-refractivity contribution in [1.29, 1.82) is 0 Å². The first-order valence-electron chi connectivity index (χ1n) is 8.14. The van der Waals surface area contributed by atoms with Gasteiger partial charge in [-0.15, -0.1) is 0 Å². The van der Waals surface area contributed by atoms with Crippen LogP contribution in [0.3, 0.4) is 0 Å². The molecule has 0 saturated carbocycles. The van der Waals surface area contributed by atoms with Crippen molar-refractivity contribution in [1.82, 2.24) is 0 Å². The van der Waals surface area contributed by atoms with E-state index in [4.69, 9.17) is 18.9 Å². The third kappa shape index (κ3) is 2.43. The Bertz CT molecular complexity index is 890. The Morgan fingerprint density at radius 2 is 1.65 bits per heavy atom. The Hall–Kier alpha value is -2.93. The molecule has 0 bridgehead atoms. The molecule has 0 radical (unpaired) electrons. The lowest BCUT2D eigenvalue weighted by Gasteiger charge is -2.29. The van der Waals surface area contributed by atoms with E-state index in [1.54, 1.807) is 18.2 Å². The van der Waals surface area contributed by atoms with Gasteiger partial charge in [0.15, 0.2) is 28.8 Å². The fourth-order valence-electron chi connectivity index (χ4n) is 3.55. The van der Waals surface area contributed by atoms with Crippen LogP contribution in [0.1, 0.15) is 33.8 Å². The second-order valence-corrected chi connectivity index (χ2v) is 6.23. The molecule has 7 heteroatoms. The first-order valence-corrected chi connectivity index (χ1v) is 8.14. The van der Waals surface area contributed by atoms with Gasteiger partial charge >= 0.3 is 0 Å². The van der Waals surface area contributed by atoms with Gasteiger partial charge in [-0.05, 0) is 30.2 Å². The highest BCUT2D eigenvalue weighted by Gasteiger charge is 2.36.